The van der Waals surface area contributed by atoms with Gasteiger partial charge in [-0.15, -0.1) is 0 Å². The molecule has 0 atom stereocenters. The number of benzene rings is 1. The molecule has 1 N–H and O–H groups in total. The van der Waals surface area contributed by atoms with Crippen molar-refractivity contribution in [2.75, 3.05) is 0 Å². The van der Waals surface area contributed by atoms with E-state index in [1.54, 1.807) is 0 Å². The second-order valence-corrected chi connectivity index (χ2v) is 3.76. The number of nitrogens with zero attached hydrogens (tertiary/aromatic N) is 3. The van der Waals surface area contributed by atoms with Crippen molar-refractivity contribution < 1.29 is 9.85 Å². The van der Waals surface area contributed by atoms with Crippen LogP contribution in [-0.4, -0.2) is 19.6 Å². The first-order valence-corrected chi connectivity index (χ1v) is 5.10. The molecule has 0 bridgehead atoms. The number of aromatic amines is 1. The maximum absolute atomic E-state index is 11.7. The number of hydrogen-bond acceptors (Lipinski definition) is 5. The van der Waals surface area contributed by atoms with Gasteiger partial charge in [-0.2, -0.15) is 9.78 Å². The van der Waals surface area contributed by atoms with Crippen LogP contribution in [0.1, 0.15) is 0 Å². The van der Waals surface area contributed by atoms with E-state index < -0.39 is 15.4 Å². The van der Waals surface area contributed by atoms with E-state index in [0.29, 0.717) is 0 Å². The molecular weight excluding hydrogens is 256 g/mol. The molecule has 19 heavy (non-hydrogen) atoms. The third kappa shape index (κ3) is 2.08. The standard InChI is InChI=1S/C10H8N4O5/c1-12-10(14(18)19)8(9(15)11-12)6-2-4-7(5-3-6)13(16)17/h2-5H,1H3,(H,11,15). The van der Waals surface area contributed by atoms with Crippen LogP contribution in [0.3, 0.4) is 0 Å². The van der Waals surface area contributed by atoms with Crippen molar-refractivity contribution in [3.05, 3.63) is 54.8 Å². The molecule has 0 spiro atoms. The van der Waals surface area contributed by atoms with Crippen molar-refractivity contribution in [1.82, 2.24) is 9.78 Å². The van der Waals surface area contributed by atoms with Gasteiger partial charge in [0.25, 0.3) is 11.2 Å². The number of nitro benzene ring substituents is 1. The summed E-state index contributed by atoms with van der Waals surface area (Å²) in [5, 5.41) is 23.7. The molecule has 0 radical (unpaired) electrons. The van der Waals surface area contributed by atoms with E-state index in [9.17, 15) is 25.0 Å². The van der Waals surface area contributed by atoms with Gasteiger partial charge in [0.15, 0.2) is 0 Å². The number of nitrogens with one attached hydrogen (secondary N) is 1. The van der Waals surface area contributed by atoms with Crippen LogP contribution in [0.2, 0.25) is 0 Å². The molecule has 0 unspecified atom stereocenters. The van der Waals surface area contributed by atoms with Gasteiger partial charge in [0.1, 0.15) is 12.6 Å². The lowest BCUT2D eigenvalue weighted by Crippen LogP contribution is -2.03. The molecule has 0 aliphatic heterocycles. The Bertz CT molecular complexity index is 713. The Morgan fingerprint density at radius 1 is 1.11 bits per heavy atom. The Morgan fingerprint density at radius 3 is 2.16 bits per heavy atom. The molecule has 9 nitrogen and oxygen atoms in total. The zero-order valence-electron chi connectivity index (χ0n) is 9.69. The van der Waals surface area contributed by atoms with Crippen LogP contribution in [0, 0.1) is 20.2 Å². The van der Waals surface area contributed by atoms with E-state index in [1.165, 1.54) is 31.3 Å². The first-order chi connectivity index (χ1) is 8.91. The molecule has 9 heteroatoms. The third-order valence-electron chi connectivity index (χ3n) is 2.58. The summed E-state index contributed by atoms with van der Waals surface area (Å²) in [4.78, 5) is 31.8. The van der Waals surface area contributed by atoms with Gasteiger partial charge < -0.3 is 10.1 Å². The maximum Gasteiger partial charge on any atom is 0.354 e. The fourth-order valence-electron chi connectivity index (χ4n) is 1.75. The summed E-state index contributed by atoms with van der Waals surface area (Å²) in [6.07, 6.45) is 0. The Labute approximate surface area is 105 Å². The van der Waals surface area contributed by atoms with Crippen LogP contribution in [-0.2, 0) is 7.05 Å². The maximum atomic E-state index is 11.7. The van der Waals surface area contributed by atoms with Crippen LogP contribution in [0.4, 0.5) is 11.5 Å². The summed E-state index contributed by atoms with van der Waals surface area (Å²) in [6.45, 7) is 0. The quantitative estimate of drug-likeness (QED) is 0.658. The number of hydrogen-bond donors (Lipinski definition) is 1. The monoisotopic (exact) mass is 264 g/mol. The number of rotatable bonds is 3. The zero-order valence-corrected chi connectivity index (χ0v) is 9.69. The van der Waals surface area contributed by atoms with Crippen molar-refractivity contribution >= 4 is 11.5 Å². The summed E-state index contributed by atoms with van der Waals surface area (Å²) >= 11 is 0. The minimum absolute atomic E-state index is 0.123. The number of aryl methyl sites for hydroxylation is 1. The highest BCUT2D eigenvalue weighted by molar-refractivity contribution is 5.71. The smallest absolute Gasteiger partial charge is 0.354 e. The van der Waals surface area contributed by atoms with Crippen molar-refractivity contribution in [2.45, 2.75) is 0 Å². The molecule has 0 aliphatic carbocycles. The highest BCUT2D eigenvalue weighted by atomic mass is 16.6. The Kier molecular flexibility index (Phi) is 2.87. The summed E-state index contributed by atoms with van der Waals surface area (Å²) in [5.41, 5.74) is -0.650. The van der Waals surface area contributed by atoms with Gasteiger partial charge in [-0.1, -0.05) is 0 Å². The average Bonchev–Trinajstić information content (AvgIpc) is 2.64. The first kappa shape index (κ1) is 12.5. The zero-order chi connectivity index (χ0) is 14.2. The van der Waals surface area contributed by atoms with E-state index in [2.05, 4.69) is 5.10 Å². The van der Waals surface area contributed by atoms with Gasteiger partial charge in [0.2, 0.25) is 0 Å². The van der Waals surface area contributed by atoms with E-state index in [-0.39, 0.29) is 22.6 Å². The predicted molar refractivity (Wildman–Crippen MR) is 64.8 cm³/mol. The normalized spacial score (nSPS) is 10.4. The molecule has 0 saturated heterocycles. The number of H-pyrrole nitrogens is 1. The second kappa shape index (κ2) is 4.37. The lowest BCUT2D eigenvalue weighted by atomic mass is 10.1. The van der Waals surface area contributed by atoms with Gasteiger partial charge in [-0.25, -0.2) is 0 Å². The van der Waals surface area contributed by atoms with Crippen LogP contribution in [0.25, 0.3) is 11.1 Å². The van der Waals surface area contributed by atoms with Crippen molar-refractivity contribution in [3.63, 3.8) is 0 Å². The molecule has 1 aromatic carbocycles. The Morgan fingerprint density at radius 2 is 1.68 bits per heavy atom. The summed E-state index contributed by atoms with van der Waals surface area (Å²) in [5.74, 6) is -0.390. The molecule has 2 aromatic rings. The van der Waals surface area contributed by atoms with Gasteiger partial charge in [-0.3, -0.25) is 14.9 Å². The summed E-state index contributed by atoms with van der Waals surface area (Å²) < 4.78 is 0.999. The van der Waals surface area contributed by atoms with E-state index in [1.807, 2.05) is 0 Å². The minimum Gasteiger partial charge on any atom is -0.358 e. The molecule has 0 saturated carbocycles. The highest BCUT2D eigenvalue weighted by Crippen LogP contribution is 2.27. The SMILES string of the molecule is Cn1[nH]c(=O)c(-c2ccc([N+](=O)[O-])cc2)c1[N+](=O)[O-]. The Hall–Kier alpha value is -2.97. The predicted octanol–water partition coefficient (Wildman–Crippen LogP) is 1.20. The number of aromatic nitrogens is 2. The fourth-order valence-corrected chi connectivity index (χ4v) is 1.75. The molecule has 0 aliphatic rings. The summed E-state index contributed by atoms with van der Waals surface area (Å²) in [7, 11) is 1.34. The second-order valence-electron chi connectivity index (χ2n) is 3.76. The van der Waals surface area contributed by atoms with E-state index in [0.717, 1.165) is 4.68 Å². The van der Waals surface area contributed by atoms with Crippen molar-refractivity contribution in [1.29, 1.82) is 0 Å². The van der Waals surface area contributed by atoms with Crippen LogP contribution >= 0.6 is 0 Å². The lowest BCUT2D eigenvalue weighted by Gasteiger charge is -1.99. The lowest BCUT2D eigenvalue weighted by molar-refractivity contribution is -0.391. The van der Waals surface area contributed by atoms with Gasteiger partial charge in [0, 0.05) is 12.1 Å². The highest BCUT2D eigenvalue weighted by Gasteiger charge is 2.24. The fraction of sp³-hybridized carbons (Fsp3) is 0.100. The topological polar surface area (TPSA) is 124 Å². The van der Waals surface area contributed by atoms with Crippen LogP contribution in [0.5, 0.6) is 0 Å². The van der Waals surface area contributed by atoms with Crippen LogP contribution in [0.15, 0.2) is 29.1 Å². The molecule has 0 fully saturated rings. The summed E-state index contributed by atoms with van der Waals surface area (Å²) in [6, 6.07) is 4.97. The largest absolute Gasteiger partial charge is 0.358 e. The van der Waals surface area contributed by atoms with Crippen molar-refractivity contribution in [2.24, 2.45) is 7.05 Å². The van der Waals surface area contributed by atoms with E-state index >= 15 is 0 Å². The molecule has 0 amide bonds. The minimum atomic E-state index is -0.686. The number of nitro groups is 2. The number of non-ortho nitro benzene ring substituents is 1. The molecule has 2 rings (SSSR count). The van der Waals surface area contributed by atoms with Gasteiger partial charge in [0.05, 0.1) is 4.92 Å². The molecule has 1 heterocycles. The molecule has 98 valence electrons. The average molecular weight is 264 g/mol. The van der Waals surface area contributed by atoms with E-state index in [4.69, 9.17) is 0 Å². The van der Waals surface area contributed by atoms with Crippen LogP contribution < -0.4 is 5.56 Å². The van der Waals surface area contributed by atoms with Gasteiger partial charge >= 0.3 is 5.82 Å². The Balaban J connectivity index is 2.62. The van der Waals surface area contributed by atoms with Gasteiger partial charge in [-0.05, 0) is 22.6 Å². The third-order valence-corrected chi connectivity index (χ3v) is 2.58. The van der Waals surface area contributed by atoms with Crippen molar-refractivity contribution in [3.8, 4) is 11.1 Å². The molecular formula is C10H8N4O5. The molecule has 1 aromatic heterocycles. The first-order valence-electron chi connectivity index (χ1n) is 5.10.